The van der Waals surface area contributed by atoms with Gasteiger partial charge in [0.05, 0.1) is 17.5 Å². The number of hydrogen-bond acceptors (Lipinski definition) is 4. The Kier molecular flexibility index (Phi) is 4.14. The van der Waals surface area contributed by atoms with Crippen molar-refractivity contribution in [1.29, 1.82) is 0 Å². The summed E-state index contributed by atoms with van der Waals surface area (Å²) in [6.07, 6.45) is 1.08. The molecule has 1 unspecified atom stereocenters. The molecule has 2 aliphatic rings. The number of fused-ring (bicyclic) bond motifs is 1. The van der Waals surface area contributed by atoms with Crippen LogP contribution in [0.3, 0.4) is 0 Å². The van der Waals surface area contributed by atoms with Gasteiger partial charge in [-0.25, -0.2) is 4.79 Å². The normalized spacial score (nSPS) is 38.1. The first-order valence-electron chi connectivity index (χ1n) is 6.63. The van der Waals surface area contributed by atoms with Gasteiger partial charge in [-0.2, -0.15) is 0 Å². The molecule has 0 aromatic rings. The largest absolute Gasteiger partial charge is 0.444 e. The monoisotopic (exact) mass is 335 g/mol. The number of ether oxygens (including phenoxy) is 2. The zero-order valence-electron chi connectivity index (χ0n) is 11.6. The number of aliphatic hydroxyl groups excluding tert-OH is 1. The van der Waals surface area contributed by atoms with Crippen molar-refractivity contribution < 1.29 is 19.4 Å². The van der Waals surface area contributed by atoms with Crippen LogP contribution in [0.15, 0.2) is 0 Å². The van der Waals surface area contributed by atoms with E-state index in [9.17, 15) is 9.90 Å². The molecule has 110 valence electrons. The highest BCUT2D eigenvalue weighted by atomic mass is 79.9. The van der Waals surface area contributed by atoms with Gasteiger partial charge in [0.25, 0.3) is 0 Å². The standard InChI is InChI=1S/C13H22BrNO4/c1-12(2,3)19-11(17)15-8-6-13(7-16)4-5-18-10(13)9(8)14/h8-10,16H,4-7H2,1-3H3,(H,15,17)/t8?,9-,10+,13-/m0/s1. The number of alkyl halides is 1. The Labute approximate surface area is 122 Å². The van der Waals surface area contributed by atoms with Crippen LogP contribution in [0.2, 0.25) is 0 Å². The van der Waals surface area contributed by atoms with Gasteiger partial charge in [0.15, 0.2) is 0 Å². The Hall–Kier alpha value is -0.330. The molecule has 0 spiro atoms. The molecule has 1 amide bonds. The summed E-state index contributed by atoms with van der Waals surface area (Å²) in [6, 6.07) is -0.0766. The van der Waals surface area contributed by atoms with Crippen LogP contribution in [-0.2, 0) is 9.47 Å². The molecule has 2 fully saturated rings. The Morgan fingerprint density at radius 2 is 2.26 bits per heavy atom. The summed E-state index contributed by atoms with van der Waals surface area (Å²) in [5, 5.41) is 12.5. The first-order chi connectivity index (χ1) is 8.77. The number of nitrogens with one attached hydrogen (secondary N) is 1. The smallest absolute Gasteiger partial charge is 0.407 e. The molecular weight excluding hydrogens is 314 g/mol. The molecule has 5 nitrogen and oxygen atoms in total. The van der Waals surface area contributed by atoms with Crippen LogP contribution in [0.4, 0.5) is 4.79 Å². The summed E-state index contributed by atoms with van der Waals surface area (Å²) >= 11 is 3.59. The first-order valence-corrected chi connectivity index (χ1v) is 7.55. The molecule has 4 atom stereocenters. The van der Waals surface area contributed by atoms with Crippen LogP contribution in [0.5, 0.6) is 0 Å². The Morgan fingerprint density at radius 1 is 1.58 bits per heavy atom. The molecule has 1 heterocycles. The molecule has 1 aliphatic carbocycles. The molecule has 1 aliphatic heterocycles. The fourth-order valence-electron chi connectivity index (χ4n) is 2.94. The van der Waals surface area contributed by atoms with Crippen LogP contribution < -0.4 is 5.32 Å². The fraction of sp³-hybridized carbons (Fsp3) is 0.923. The van der Waals surface area contributed by atoms with Crippen molar-refractivity contribution in [2.24, 2.45) is 5.41 Å². The number of carbonyl (C=O) groups excluding carboxylic acids is 1. The molecular formula is C13H22BrNO4. The molecule has 1 saturated heterocycles. The predicted octanol–water partition coefficient (Wildman–Crippen LogP) is 1.81. The molecule has 2 rings (SSSR count). The average molecular weight is 336 g/mol. The van der Waals surface area contributed by atoms with Crippen molar-refractivity contribution in [3.05, 3.63) is 0 Å². The van der Waals surface area contributed by atoms with E-state index in [1.165, 1.54) is 0 Å². The van der Waals surface area contributed by atoms with Gasteiger partial charge < -0.3 is 19.9 Å². The van der Waals surface area contributed by atoms with Gasteiger partial charge in [-0.1, -0.05) is 15.9 Å². The van der Waals surface area contributed by atoms with Crippen molar-refractivity contribution >= 4 is 22.0 Å². The van der Waals surface area contributed by atoms with Gasteiger partial charge in [0.2, 0.25) is 0 Å². The van der Waals surface area contributed by atoms with Crippen molar-refractivity contribution in [2.45, 2.75) is 56.2 Å². The van der Waals surface area contributed by atoms with E-state index in [1.54, 1.807) is 0 Å². The predicted molar refractivity (Wildman–Crippen MR) is 74.4 cm³/mol. The lowest BCUT2D eigenvalue weighted by atomic mass is 9.84. The zero-order chi connectivity index (χ0) is 14.3. The highest BCUT2D eigenvalue weighted by molar-refractivity contribution is 9.09. The maximum absolute atomic E-state index is 11.8. The quantitative estimate of drug-likeness (QED) is 0.755. The Bertz CT molecular complexity index is 357. The number of hydrogen-bond donors (Lipinski definition) is 2. The second-order valence-corrected chi connectivity index (χ2v) is 7.52. The van der Waals surface area contributed by atoms with Gasteiger partial charge >= 0.3 is 6.09 Å². The van der Waals surface area contributed by atoms with Crippen LogP contribution in [0.25, 0.3) is 0 Å². The van der Waals surface area contributed by atoms with E-state index >= 15 is 0 Å². The first kappa shape index (κ1) is 15.1. The molecule has 0 bridgehead atoms. The van der Waals surface area contributed by atoms with Gasteiger partial charge in [-0.3, -0.25) is 0 Å². The zero-order valence-corrected chi connectivity index (χ0v) is 13.2. The van der Waals surface area contributed by atoms with Crippen LogP contribution in [0, 0.1) is 5.41 Å². The lowest BCUT2D eigenvalue weighted by Gasteiger charge is -2.25. The second-order valence-electron chi connectivity index (χ2n) is 6.46. The molecule has 0 aromatic carbocycles. The van der Waals surface area contributed by atoms with Crippen LogP contribution in [0.1, 0.15) is 33.6 Å². The molecule has 0 radical (unpaired) electrons. The third kappa shape index (κ3) is 3.06. The van der Waals surface area contributed by atoms with E-state index in [-0.39, 0.29) is 29.0 Å². The summed E-state index contributed by atoms with van der Waals surface area (Å²) in [4.78, 5) is 11.8. The minimum absolute atomic E-state index is 0.00895. The van der Waals surface area contributed by atoms with Crippen molar-refractivity contribution in [2.75, 3.05) is 13.2 Å². The van der Waals surface area contributed by atoms with Gasteiger partial charge in [-0.15, -0.1) is 0 Å². The molecule has 2 N–H and O–H groups in total. The van der Waals surface area contributed by atoms with Crippen molar-refractivity contribution in [3.8, 4) is 0 Å². The van der Waals surface area contributed by atoms with E-state index in [0.29, 0.717) is 13.0 Å². The van der Waals surface area contributed by atoms with Gasteiger partial charge in [0.1, 0.15) is 5.60 Å². The molecule has 6 heteroatoms. The fourth-order valence-corrected chi connectivity index (χ4v) is 3.97. The lowest BCUT2D eigenvalue weighted by Crippen LogP contribution is -2.43. The van der Waals surface area contributed by atoms with E-state index in [0.717, 1.165) is 6.42 Å². The number of amides is 1. The Balaban J connectivity index is 1.98. The van der Waals surface area contributed by atoms with E-state index in [4.69, 9.17) is 9.47 Å². The Morgan fingerprint density at radius 3 is 2.79 bits per heavy atom. The number of rotatable bonds is 2. The number of halogens is 1. The summed E-state index contributed by atoms with van der Waals surface area (Å²) < 4.78 is 11.0. The number of alkyl carbamates (subject to hydrolysis) is 1. The van der Waals surface area contributed by atoms with E-state index in [2.05, 4.69) is 21.2 Å². The van der Waals surface area contributed by atoms with Gasteiger partial charge in [0, 0.05) is 18.1 Å². The van der Waals surface area contributed by atoms with Crippen molar-refractivity contribution in [1.82, 2.24) is 5.32 Å². The number of carbonyl (C=O) groups is 1. The van der Waals surface area contributed by atoms with E-state index in [1.807, 2.05) is 20.8 Å². The lowest BCUT2D eigenvalue weighted by molar-refractivity contribution is 0.0415. The highest BCUT2D eigenvalue weighted by Crippen LogP contribution is 2.49. The average Bonchev–Trinajstić information content (AvgIpc) is 2.77. The van der Waals surface area contributed by atoms with Crippen LogP contribution in [-0.4, -0.2) is 47.0 Å². The summed E-state index contributed by atoms with van der Waals surface area (Å²) in [6.45, 7) is 6.26. The van der Waals surface area contributed by atoms with Gasteiger partial charge in [-0.05, 0) is 33.6 Å². The molecule has 19 heavy (non-hydrogen) atoms. The summed E-state index contributed by atoms with van der Waals surface area (Å²) in [5.41, 5.74) is -0.737. The molecule has 0 aromatic heterocycles. The maximum Gasteiger partial charge on any atom is 0.407 e. The van der Waals surface area contributed by atoms with Crippen LogP contribution >= 0.6 is 15.9 Å². The summed E-state index contributed by atoms with van der Waals surface area (Å²) in [5.74, 6) is 0. The maximum atomic E-state index is 11.8. The second kappa shape index (κ2) is 5.22. The number of aliphatic hydroxyl groups is 1. The SMILES string of the molecule is CC(C)(C)OC(=O)NC1C[C@]2(CO)CCO[C@@H]2[C@H]1Br. The molecule has 1 saturated carbocycles. The van der Waals surface area contributed by atoms with Crippen molar-refractivity contribution in [3.63, 3.8) is 0 Å². The minimum atomic E-state index is -0.508. The third-order valence-corrected chi connectivity index (χ3v) is 4.94. The third-order valence-electron chi connectivity index (χ3n) is 3.82. The highest BCUT2D eigenvalue weighted by Gasteiger charge is 2.56. The topological polar surface area (TPSA) is 67.8 Å². The minimum Gasteiger partial charge on any atom is -0.444 e. The van der Waals surface area contributed by atoms with E-state index < -0.39 is 11.7 Å². The summed E-state index contributed by atoms with van der Waals surface area (Å²) in [7, 11) is 0.